The summed E-state index contributed by atoms with van der Waals surface area (Å²) in [6.45, 7) is 1.79. The fraction of sp³-hybridized carbons (Fsp3) is 0.190. The van der Waals surface area contributed by atoms with E-state index in [1.807, 2.05) is 36.0 Å². The highest BCUT2D eigenvalue weighted by molar-refractivity contribution is 7.99. The molecule has 1 fully saturated rings. The molecule has 0 aliphatic carbocycles. The molecule has 0 amide bonds. The van der Waals surface area contributed by atoms with Crippen LogP contribution < -0.4 is 16.0 Å². The maximum absolute atomic E-state index is 9.88. The van der Waals surface area contributed by atoms with E-state index in [1.54, 1.807) is 24.3 Å². The summed E-state index contributed by atoms with van der Waals surface area (Å²) in [5.41, 5.74) is 9.43. The van der Waals surface area contributed by atoms with Gasteiger partial charge in [0.25, 0.3) is 0 Å². The minimum absolute atomic E-state index is 0.195. The number of aromatic nitrogens is 2. The Kier molecular flexibility index (Phi) is 5.53. The summed E-state index contributed by atoms with van der Waals surface area (Å²) in [6, 6.07) is 14.3. The molecule has 1 aromatic heterocycles. The fourth-order valence-electron chi connectivity index (χ4n) is 3.14. The number of hydrogen-bond acceptors (Lipinski definition) is 8. The third kappa shape index (κ3) is 4.43. The predicted octanol–water partition coefficient (Wildman–Crippen LogP) is 3.73. The van der Waals surface area contributed by atoms with Crippen LogP contribution >= 0.6 is 11.8 Å². The molecule has 8 heteroatoms. The Morgan fingerprint density at radius 3 is 2.69 bits per heavy atom. The summed E-state index contributed by atoms with van der Waals surface area (Å²) >= 11 is 1.93. The number of nitrogens with zero attached hydrogens (tertiary/aromatic N) is 3. The second kappa shape index (κ2) is 8.40. The lowest BCUT2D eigenvalue weighted by molar-refractivity contribution is 0.475. The van der Waals surface area contributed by atoms with Crippen molar-refractivity contribution in [3.63, 3.8) is 0 Å². The van der Waals surface area contributed by atoms with E-state index in [1.165, 1.54) is 6.21 Å². The predicted molar refractivity (Wildman–Crippen MR) is 121 cm³/mol. The lowest BCUT2D eigenvalue weighted by Crippen LogP contribution is -2.34. The maximum Gasteiger partial charge on any atom is 0.227 e. The standard InChI is InChI=1S/C21H22N6OS/c22-13-15-10-16(4-5-18(15)23)24-20-12-19(14-2-1-3-17(28)11-14)25-21(26-20)27-6-8-29-9-7-27/h1-5,10-13,22,28H,6-9,23H2,(H,24,25,26). The maximum atomic E-state index is 9.88. The van der Waals surface area contributed by atoms with Gasteiger partial charge >= 0.3 is 0 Å². The number of phenolic OH excluding ortho intramolecular Hbond substituents is 1. The topological polar surface area (TPSA) is 111 Å². The quantitative estimate of drug-likeness (QED) is 0.377. The van der Waals surface area contributed by atoms with E-state index in [2.05, 4.69) is 10.2 Å². The Morgan fingerprint density at radius 1 is 1.10 bits per heavy atom. The molecule has 3 aromatic rings. The van der Waals surface area contributed by atoms with Crippen molar-refractivity contribution in [2.45, 2.75) is 0 Å². The second-order valence-electron chi connectivity index (χ2n) is 6.70. The SMILES string of the molecule is N=Cc1cc(Nc2cc(-c3cccc(O)c3)nc(N3CCSCC3)n2)ccc1N. The molecule has 148 valence electrons. The fourth-order valence-corrected chi connectivity index (χ4v) is 4.04. The van der Waals surface area contributed by atoms with Crippen molar-refractivity contribution in [1.29, 1.82) is 5.41 Å². The summed E-state index contributed by atoms with van der Waals surface area (Å²) in [7, 11) is 0. The summed E-state index contributed by atoms with van der Waals surface area (Å²) < 4.78 is 0. The Hall–Kier alpha value is -3.26. The third-order valence-corrected chi connectivity index (χ3v) is 5.61. The van der Waals surface area contributed by atoms with Gasteiger partial charge in [-0.1, -0.05) is 12.1 Å². The molecule has 4 rings (SSSR count). The number of aromatic hydroxyl groups is 1. The van der Waals surface area contributed by atoms with E-state index in [0.29, 0.717) is 23.0 Å². The Labute approximate surface area is 173 Å². The van der Waals surface area contributed by atoms with E-state index >= 15 is 0 Å². The molecule has 0 spiro atoms. The van der Waals surface area contributed by atoms with Crippen molar-refractivity contribution in [2.75, 3.05) is 40.5 Å². The number of nitrogens with one attached hydrogen (secondary N) is 2. The van der Waals surface area contributed by atoms with E-state index in [9.17, 15) is 5.11 Å². The first kappa shape index (κ1) is 19.1. The average molecular weight is 407 g/mol. The van der Waals surface area contributed by atoms with Crippen LogP contribution in [0.3, 0.4) is 0 Å². The zero-order valence-corrected chi connectivity index (χ0v) is 16.6. The van der Waals surface area contributed by atoms with Crippen molar-refractivity contribution in [3.8, 4) is 17.0 Å². The van der Waals surface area contributed by atoms with Gasteiger partial charge in [-0.3, -0.25) is 0 Å². The first-order valence-electron chi connectivity index (χ1n) is 9.30. The van der Waals surface area contributed by atoms with E-state index in [4.69, 9.17) is 21.1 Å². The lowest BCUT2D eigenvalue weighted by atomic mass is 10.1. The molecule has 1 saturated heterocycles. The molecule has 1 aliphatic heterocycles. The first-order valence-corrected chi connectivity index (χ1v) is 10.5. The minimum Gasteiger partial charge on any atom is -0.508 e. The van der Waals surface area contributed by atoms with Crippen LogP contribution in [0, 0.1) is 5.41 Å². The molecular formula is C21H22N6OS. The largest absolute Gasteiger partial charge is 0.508 e. The summed E-state index contributed by atoms with van der Waals surface area (Å²) in [5.74, 6) is 3.59. The van der Waals surface area contributed by atoms with Crippen LogP contribution in [0.15, 0.2) is 48.5 Å². The minimum atomic E-state index is 0.195. The highest BCUT2D eigenvalue weighted by atomic mass is 32.2. The van der Waals surface area contributed by atoms with Crippen LogP contribution in [-0.4, -0.2) is 45.9 Å². The molecule has 7 nitrogen and oxygen atoms in total. The number of benzene rings is 2. The number of nitrogens with two attached hydrogens (primary N) is 1. The molecule has 1 aliphatic rings. The van der Waals surface area contributed by atoms with Crippen molar-refractivity contribution >= 4 is 41.1 Å². The van der Waals surface area contributed by atoms with Crippen LogP contribution in [-0.2, 0) is 0 Å². The van der Waals surface area contributed by atoms with Crippen molar-refractivity contribution in [3.05, 3.63) is 54.1 Å². The lowest BCUT2D eigenvalue weighted by Gasteiger charge is -2.27. The van der Waals surface area contributed by atoms with Gasteiger partial charge in [0.15, 0.2) is 0 Å². The van der Waals surface area contributed by atoms with Crippen LogP contribution in [0.2, 0.25) is 0 Å². The average Bonchev–Trinajstić information content (AvgIpc) is 2.75. The molecule has 2 heterocycles. The summed E-state index contributed by atoms with van der Waals surface area (Å²) in [5, 5.41) is 20.7. The molecule has 2 aromatic carbocycles. The number of phenols is 1. The molecular weight excluding hydrogens is 384 g/mol. The molecule has 0 radical (unpaired) electrons. The molecule has 0 saturated carbocycles. The number of nitrogen functional groups attached to an aromatic ring is 1. The van der Waals surface area contributed by atoms with E-state index < -0.39 is 0 Å². The molecule has 0 atom stereocenters. The zero-order chi connectivity index (χ0) is 20.2. The monoisotopic (exact) mass is 406 g/mol. The van der Waals surface area contributed by atoms with Gasteiger partial charge in [0.05, 0.1) is 5.69 Å². The van der Waals surface area contributed by atoms with Gasteiger partial charge < -0.3 is 26.5 Å². The third-order valence-electron chi connectivity index (χ3n) is 4.66. The number of anilines is 4. The second-order valence-corrected chi connectivity index (χ2v) is 7.93. The van der Waals surface area contributed by atoms with Crippen LogP contribution in [0.25, 0.3) is 11.3 Å². The van der Waals surface area contributed by atoms with Gasteiger partial charge in [-0.05, 0) is 30.3 Å². The van der Waals surface area contributed by atoms with Gasteiger partial charge in [0.1, 0.15) is 11.6 Å². The van der Waals surface area contributed by atoms with Gasteiger partial charge in [0.2, 0.25) is 5.95 Å². The highest BCUT2D eigenvalue weighted by Crippen LogP contribution is 2.28. The molecule has 0 bridgehead atoms. The molecule has 5 N–H and O–H groups in total. The summed E-state index contributed by atoms with van der Waals surface area (Å²) in [6.07, 6.45) is 1.23. The Bertz CT molecular complexity index is 1040. The smallest absolute Gasteiger partial charge is 0.227 e. The molecule has 0 unspecified atom stereocenters. The summed E-state index contributed by atoms with van der Waals surface area (Å²) in [4.78, 5) is 11.7. The van der Waals surface area contributed by atoms with Gasteiger partial charge in [-0.25, -0.2) is 4.98 Å². The first-order chi connectivity index (χ1) is 14.1. The number of hydrogen-bond donors (Lipinski definition) is 4. The van der Waals surface area contributed by atoms with Crippen LogP contribution in [0.1, 0.15) is 5.56 Å². The normalized spacial score (nSPS) is 13.9. The van der Waals surface area contributed by atoms with Crippen LogP contribution in [0.5, 0.6) is 5.75 Å². The number of thioether (sulfide) groups is 1. The van der Waals surface area contributed by atoms with Gasteiger partial charge in [0, 0.05) is 59.4 Å². The number of rotatable bonds is 5. The van der Waals surface area contributed by atoms with Crippen molar-refractivity contribution in [1.82, 2.24) is 9.97 Å². The van der Waals surface area contributed by atoms with Gasteiger partial charge in [-0.15, -0.1) is 0 Å². The van der Waals surface area contributed by atoms with Crippen molar-refractivity contribution in [2.24, 2.45) is 0 Å². The zero-order valence-electron chi connectivity index (χ0n) is 15.8. The van der Waals surface area contributed by atoms with Crippen LogP contribution in [0.4, 0.5) is 23.1 Å². The Balaban J connectivity index is 1.73. The van der Waals surface area contributed by atoms with Crippen molar-refractivity contribution < 1.29 is 5.11 Å². The Morgan fingerprint density at radius 2 is 1.93 bits per heavy atom. The van der Waals surface area contributed by atoms with E-state index in [-0.39, 0.29) is 5.75 Å². The molecule has 29 heavy (non-hydrogen) atoms. The van der Waals surface area contributed by atoms with E-state index in [0.717, 1.165) is 41.5 Å². The van der Waals surface area contributed by atoms with Gasteiger partial charge in [-0.2, -0.15) is 16.7 Å². The highest BCUT2D eigenvalue weighted by Gasteiger charge is 2.17.